The maximum Gasteiger partial charge on any atom is 0.305 e. The normalized spacial score (nSPS) is 16.7. The Labute approximate surface area is 159 Å². The van der Waals surface area contributed by atoms with Crippen LogP contribution in [0.2, 0.25) is 0 Å². The molecule has 0 spiro atoms. The van der Waals surface area contributed by atoms with E-state index in [1.807, 2.05) is 19.1 Å². The van der Waals surface area contributed by atoms with Crippen molar-refractivity contribution in [2.45, 2.75) is 33.1 Å². The number of aryl methyl sites for hydroxylation is 2. The molecule has 0 radical (unpaired) electrons. The van der Waals surface area contributed by atoms with E-state index in [1.165, 1.54) is 7.11 Å². The topological polar surface area (TPSA) is 79.1 Å². The molecule has 27 heavy (non-hydrogen) atoms. The number of methoxy groups -OCH3 is 1. The Morgan fingerprint density at radius 2 is 2.00 bits per heavy atom. The SMILES string of the molecule is COC(=O)C[C@H]1CCCN(c2ccc(-c3nc(C#N)c(C)nc3C)cc2)C1. The summed E-state index contributed by atoms with van der Waals surface area (Å²) in [6, 6.07) is 10.3. The number of hydrogen-bond acceptors (Lipinski definition) is 6. The molecule has 0 amide bonds. The lowest BCUT2D eigenvalue weighted by atomic mass is 9.94. The van der Waals surface area contributed by atoms with Crippen LogP contribution in [-0.4, -0.2) is 36.1 Å². The fraction of sp³-hybridized carbons (Fsp3) is 0.429. The molecule has 2 aromatic rings. The molecular weight excluding hydrogens is 340 g/mol. The minimum absolute atomic E-state index is 0.140. The van der Waals surface area contributed by atoms with Gasteiger partial charge in [0.1, 0.15) is 6.07 Å². The summed E-state index contributed by atoms with van der Waals surface area (Å²) in [5.41, 5.74) is 4.65. The maximum atomic E-state index is 11.6. The predicted octanol–water partition coefficient (Wildman–Crippen LogP) is 3.41. The van der Waals surface area contributed by atoms with E-state index in [4.69, 9.17) is 4.74 Å². The number of nitrogens with zero attached hydrogens (tertiary/aromatic N) is 4. The fourth-order valence-electron chi connectivity index (χ4n) is 3.63. The van der Waals surface area contributed by atoms with Crippen molar-refractivity contribution in [3.63, 3.8) is 0 Å². The van der Waals surface area contributed by atoms with Crippen molar-refractivity contribution in [1.82, 2.24) is 9.97 Å². The fourth-order valence-corrected chi connectivity index (χ4v) is 3.63. The van der Waals surface area contributed by atoms with Gasteiger partial charge in [-0.15, -0.1) is 0 Å². The van der Waals surface area contributed by atoms with Crippen molar-refractivity contribution in [2.24, 2.45) is 5.92 Å². The van der Waals surface area contributed by atoms with Crippen LogP contribution in [0.15, 0.2) is 24.3 Å². The maximum absolute atomic E-state index is 11.6. The molecule has 140 valence electrons. The highest BCUT2D eigenvalue weighted by atomic mass is 16.5. The number of nitriles is 1. The van der Waals surface area contributed by atoms with E-state index in [-0.39, 0.29) is 5.97 Å². The highest BCUT2D eigenvalue weighted by Gasteiger charge is 2.23. The Kier molecular flexibility index (Phi) is 5.70. The summed E-state index contributed by atoms with van der Waals surface area (Å²) in [7, 11) is 1.44. The molecule has 3 rings (SSSR count). The molecule has 1 aliphatic heterocycles. The third-order valence-corrected chi connectivity index (χ3v) is 5.06. The van der Waals surface area contributed by atoms with Crippen molar-refractivity contribution >= 4 is 11.7 Å². The second-order valence-electron chi connectivity index (χ2n) is 6.98. The van der Waals surface area contributed by atoms with Crippen LogP contribution >= 0.6 is 0 Å². The smallest absolute Gasteiger partial charge is 0.305 e. The Hall–Kier alpha value is -2.94. The van der Waals surface area contributed by atoms with E-state index < -0.39 is 0 Å². The van der Waals surface area contributed by atoms with Crippen molar-refractivity contribution in [3.05, 3.63) is 41.3 Å². The largest absolute Gasteiger partial charge is 0.469 e. The van der Waals surface area contributed by atoms with Gasteiger partial charge in [-0.1, -0.05) is 12.1 Å². The van der Waals surface area contributed by atoms with Crippen molar-refractivity contribution < 1.29 is 9.53 Å². The number of rotatable bonds is 4. The zero-order valence-corrected chi connectivity index (χ0v) is 16.0. The van der Waals surface area contributed by atoms with Crippen LogP contribution < -0.4 is 4.90 Å². The Morgan fingerprint density at radius 1 is 1.26 bits per heavy atom. The molecule has 0 saturated carbocycles. The van der Waals surface area contributed by atoms with Crippen LogP contribution in [0.1, 0.15) is 36.3 Å². The molecule has 2 heterocycles. The number of esters is 1. The molecule has 0 aliphatic carbocycles. The molecule has 1 aromatic heterocycles. The zero-order chi connectivity index (χ0) is 19.4. The molecule has 6 heteroatoms. The van der Waals surface area contributed by atoms with Gasteiger partial charge < -0.3 is 9.64 Å². The molecule has 1 saturated heterocycles. The lowest BCUT2D eigenvalue weighted by Crippen LogP contribution is -2.36. The summed E-state index contributed by atoms with van der Waals surface area (Å²) < 4.78 is 4.80. The molecular formula is C21H24N4O2. The third kappa shape index (κ3) is 4.25. The van der Waals surface area contributed by atoms with Gasteiger partial charge in [0, 0.05) is 30.8 Å². The van der Waals surface area contributed by atoms with E-state index in [2.05, 4.69) is 33.1 Å². The van der Waals surface area contributed by atoms with E-state index >= 15 is 0 Å². The summed E-state index contributed by atoms with van der Waals surface area (Å²) in [5, 5.41) is 9.21. The van der Waals surface area contributed by atoms with Crippen molar-refractivity contribution in [3.8, 4) is 17.3 Å². The number of carbonyl (C=O) groups excluding carboxylic acids is 1. The van der Waals surface area contributed by atoms with E-state index in [1.54, 1.807) is 6.92 Å². The van der Waals surface area contributed by atoms with Gasteiger partial charge in [-0.25, -0.2) is 4.98 Å². The Bertz CT molecular complexity index is 871. The first kappa shape index (κ1) is 18.8. The summed E-state index contributed by atoms with van der Waals surface area (Å²) in [6.07, 6.45) is 2.59. The first-order chi connectivity index (χ1) is 13.0. The Morgan fingerprint density at radius 3 is 2.67 bits per heavy atom. The standard InChI is InChI=1S/C21H24N4O2/c1-14-19(12-22)24-21(15(2)23-14)17-6-8-18(9-7-17)25-10-4-5-16(13-25)11-20(26)27-3/h6-9,16H,4-5,10-11,13H2,1-3H3/t16-/m1/s1. The predicted molar refractivity (Wildman–Crippen MR) is 103 cm³/mol. The number of piperidine rings is 1. The van der Waals surface area contributed by atoms with Crippen LogP contribution in [0.25, 0.3) is 11.3 Å². The molecule has 1 aliphatic rings. The summed E-state index contributed by atoms with van der Waals surface area (Å²) in [6.45, 7) is 5.55. The van der Waals surface area contributed by atoms with Crippen LogP contribution in [-0.2, 0) is 9.53 Å². The van der Waals surface area contributed by atoms with Gasteiger partial charge >= 0.3 is 5.97 Å². The molecule has 1 atom stereocenters. The second kappa shape index (κ2) is 8.17. The number of hydrogen-bond donors (Lipinski definition) is 0. The lowest BCUT2D eigenvalue weighted by Gasteiger charge is -2.34. The van der Waals surface area contributed by atoms with Gasteiger partial charge in [0.15, 0.2) is 5.69 Å². The molecule has 0 N–H and O–H groups in total. The van der Waals surface area contributed by atoms with Crippen LogP contribution in [0.4, 0.5) is 5.69 Å². The minimum Gasteiger partial charge on any atom is -0.469 e. The van der Waals surface area contributed by atoms with Gasteiger partial charge in [-0.3, -0.25) is 9.78 Å². The number of ether oxygens (including phenoxy) is 1. The van der Waals surface area contributed by atoms with Crippen molar-refractivity contribution in [2.75, 3.05) is 25.1 Å². The number of carbonyl (C=O) groups is 1. The molecule has 1 fully saturated rings. The van der Waals surface area contributed by atoms with Gasteiger partial charge in [-0.2, -0.15) is 5.26 Å². The van der Waals surface area contributed by atoms with Crippen LogP contribution in [0, 0.1) is 31.1 Å². The zero-order valence-electron chi connectivity index (χ0n) is 16.0. The molecule has 0 unspecified atom stereocenters. The first-order valence-corrected chi connectivity index (χ1v) is 9.19. The average Bonchev–Trinajstić information content (AvgIpc) is 2.68. The van der Waals surface area contributed by atoms with Gasteiger partial charge in [0.05, 0.1) is 24.2 Å². The van der Waals surface area contributed by atoms with Gasteiger partial charge in [0.25, 0.3) is 0 Å². The molecule has 0 bridgehead atoms. The average molecular weight is 364 g/mol. The van der Waals surface area contributed by atoms with E-state index in [0.29, 0.717) is 23.7 Å². The first-order valence-electron chi connectivity index (χ1n) is 9.19. The van der Waals surface area contributed by atoms with Crippen LogP contribution in [0.5, 0.6) is 0 Å². The third-order valence-electron chi connectivity index (χ3n) is 5.06. The van der Waals surface area contributed by atoms with Crippen molar-refractivity contribution in [1.29, 1.82) is 5.26 Å². The van der Waals surface area contributed by atoms with Crippen LogP contribution in [0.3, 0.4) is 0 Å². The number of anilines is 1. The molecule has 1 aromatic carbocycles. The van der Waals surface area contributed by atoms with Gasteiger partial charge in [0.2, 0.25) is 0 Å². The number of aromatic nitrogens is 2. The minimum atomic E-state index is -0.140. The Balaban J connectivity index is 1.78. The second-order valence-corrected chi connectivity index (χ2v) is 6.98. The lowest BCUT2D eigenvalue weighted by molar-refractivity contribution is -0.141. The van der Waals surface area contributed by atoms with Gasteiger partial charge in [-0.05, 0) is 44.7 Å². The quantitative estimate of drug-likeness (QED) is 0.774. The number of benzene rings is 1. The summed E-state index contributed by atoms with van der Waals surface area (Å²) in [4.78, 5) is 22.8. The van der Waals surface area contributed by atoms with E-state index in [0.717, 1.165) is 48.6 Å². The van der Waals surface area contributed by atoms with E-state index in [9.17, 15) is 10.1 Å². The summed E-state index contributed by atoms with van der Waals surface area (Å²) >= 11 is 0. The summed E-state index contributed by atoms with van der Waals surface area (Å²) in [5.74, 6) is 0.188. The highest BCUT2D eigenvalue weighted by molar-refractivity contribution is 5.70. The molecule has 6 nitrogen and oxygen atoms in total. The highest BCUT2D eigenvalue weighted by Crippen LogP contribution is 2.28. The monoisotopic (exact) mass is 364 g/mol.